The molecule has 3 aromatic heterocycles. The Morgan fingerprint density at radius 1 is 1.11 bits per heavy atom. The Morgan fingerprint density at radius 2 is 1.92 bits per heavy atom. The van der Waals surface area contributed by atoms with Crippen LogP contribution in [0.3, 0.4) is 0 Å². The molecule has 2 N–H and O–H groups in total. The molecule has 4 aromatic rings. The number of carbonyl (C=O) groups is 1. The molecule has 0 spiro atoms. The highest BCUT2D eigenvalue weighted by atomic mass is 35.5. The van der Waals surface area contributed by atoms with E-state index in [1.165, 1.54) is 11.3 Å². The fraction of sp³-hybridized carbons (Fsp3) is 0.308. The maximum Gasteiger partial charge on any atom is 0.261 e. The zero-order valence-corrected chi connectivity index (χ0v) is 22.2. The number of H-pyrrole nitrogens is 1. The smallest absolute Gasteiger partial charge is 0.261 e. The minimum Gasteiger partial charge on any atom is -0.368 e. The molecule has 0 aliphatic carbocycles. The summed E-state index contributed by atoms with van der Waals surface area (Å²) in [7, 11) is 0. The van der Waals surface area contributed by atoms with Crippen molar-refractivity contribution in [3.8, 4) is 16.9 Å². The molecule has 9 nitrogen and oxygen atoms in total. The normalized spacial score (nSPS) is 14.3. The second-order valence-corrected chi connectivity index (χ2v) is 10.8. The minimum atomic E-state index is -0.213. The highest BCUT2D eigenvalue weighted by Gasteiger charge is 2.24. The molecule has 1 aliphatic rings. The lowest BCUT2D eigenvalue weighted by Gasteiger charge is -2.39. The van der Waals surface area contributed by atoms with E-state index in [1.54, 1.807) is 35.0 Å². The van der Waals surface area contributed by atoms with Crippen molar-refractivity contribution in [3.63, 3.8) is 0 Å². The first-order valence-electron chi connectivity index (χ1n) is 12.2. The van der Waals surface area contributed by atoms with Crippen LogP contribution in [0.1, 0.15) is 29.2 Å². The molecule has 37 heavy (non-hydrogen) atoms. The number of benzene rings is 1. The van der Waals surface area contributed by atoms with Gasteiger partial charge >= 0.3 is 0 Å². The number of hydrogen-bond acceptors (Lipinski definition) is 7. The first-order chi connectivity index (χ1) is 17.9. The van der Waals surface area contributed by atoms with Crippen LogP contribution in [0.15, 0.2) is 59.5 Å². The molecule has 11 heteroatoms. The maximum absolute atomic E-state index is 12.6. The van der Waals surface area contributed by atoms with Crippen LogP contribution < -0.4 is 15.8 Å². The van der Waals surface area contributed by atoms with E-state index >= 15 is 0 Å². The first kappa shape index (κ1) is 25.2. The summed E-state index contributed by atoms with van der Waals surface area (Å²) < 4.78 is 2.19. The van der Waals surface area contributed by atoms with Gasteiger partial charge in [-0.05, 0) is 50.2 Å². The van der Waals surface area contributed by atoms with E-state index in [0.29, 0.717) is 26.6 Å². The average molecular weight is 538 g/mol. The lowest BCUT2D eigenvalue weighted by atomic mass is 10.0. The van der Waals surface area contributed by atoms with Crippen LogP contribution in [0.25, 0.3) is 16.9 Å². The molecule has 1 saturated heterocycles. The third-order valence-electron chi connectivity index (χ3n) is 6.56. The number of nitrogens with zero attached hydrogens (tertiary/aromatic N) is 5. The van der Waals surface area contributed by atoms with Gasteiger partial charge in [0.25, 0.3) is 11.5 Å². The quantitative estimate of drug-likeness (QED) is 0.372. The molecule has 1 fully saturated rings. The van der Waals surface area contributed by atoms with Crippen LogP contribution in [0.5, 0.6) is 0 Å². The van der Waals surface area contributed by atoms with Crippen LogP contribution in [0.2, 0.25) is 4.34 Å². The standard InChI is InChI=1S/C26H28ClN7O2S/c1-17(2)32-11-13-33(14-12-32)21-15-18(34-10-4-3-5-24(34)35)6-7-19(21)25-20(29-31-30-25)16-28-26(36)22-8-9-23(27)37-22/h3-10,15,17H,11-14,16H2,1-2H3,(H,28,36)(H,29,30,31). The van der Waals surface area contributed by atoms with Crippen molar-refractivity contribution < 1.29 is 4.79 Å². The zero-order valence-electron chi connectivity index (χ0n) is 20.6. The second-order valence-electron chi connectivity index (χ2n) is 9.13. The summed E-state index contributed by atoms with van der Waals surface area (Å²) in [5.41, 5.74) is 3.85. The van der Waals surface area contributed by atoms with E-state index in [9.17, 15) is 9.59 Å². The second kappa shape index (κ2) is 10.9. The van der Waals surface area contributed by atoms with Gasteiger partial charge in [0.2, 0.25) is 0 Å². The molecule has 5 rings (SSSR count). The highest BCUT2D eigenvalue weighted by Crippen LogP contribution is 2.34. The van der Waals surface area contributed by atoms with Crippen molar-refractivity contribution in [2.24, 2.45) is 0 Å². The van der Waals surface area contributed by atoms with Crippen LogP contribution in [-0.4, -0.2) is 63.0 Å². The lowest BCUT2D eigenvalue weighted by Crippen LogP contribution is -2.49. The summed E-state index contributed by atoms with van der Waals surface area (Å²) in [5, 5.41) is 14.4. The SMILES string of the molecule is CC(C)N1CCN(c2cc(-n3ccccc3=O)ccc2-c2n[nH]nc2CNC(=O)c2ccc(Cl)s2)CC1. The maximum atomic E-state index is 12.6. The topological polar surface area (TPSA) is 99.2 Å². The number of piperazine rings is 1. The van der Waals surface area contributed by atoms with Gasteiger partial charge in [-0.1, -0.05) is 17.7 Å². The number of thiophene rings is 1. The van der Waals surface area contributed by atoms with Crippen molar-refractivity contribution in [3.05, 3.63) is 80.0 Å². The predicted octanol–water partition coefficient (Wildman–Crippen LogP) is 3.80. The Morgan fingerprint density at radius 3 is 2.62 bits per heavy atom. The average Bonchev–Trinajstić information content (AvgIpc) is 3.56. The molecule has 0 atom stereocenters. The minimum absolute atomic E-state index is 0.0932. The number of nitrogens with one attached hydrogen (secondary N) is 2. The highest BCUT2D eigenvalue weighted by molar-refractivity contribution is 7.18. The van der Waals surface area contributed by atoms with E-state index in [4.69, 9.17) is 11.6 Å². The molecule has 0 bridgehead atoms. The third kappa shape index (κ3) is 5.46. The van der Waals surface area contributed by atoms with Gasteiger partial charge < -0.3 is 10.2 Å². The number of rotatable bonds is 7. The van der Waals surface area contributed by atoms with Crippen molar-refractivity contribution in [1.29, 1.82) is 0 Å². The van der Waals surface area contributed by atoms with E-state index < -0.39 is 0 Å². The Hall–Kier alpha value is -3.47. The summed E-state index contributed by atoms with van der Waals surface area (Å²) in [6.07, 6.45) is 1.77. The summed E-state index contributed by atoms with van der Waals surface area (Å²) in [6, 6.07) is 14.9. The zero-order chi connectivity index (χ0) is 25.9. The number of anilines is 1. The van der Waals surface area contributed by atoms with Gasteiger partial charge in [0.1, 0.15) is 11.4 Å². The van der Waals surface area contributed by atoms with E-state index in [1.807, 2.05) is 24.3 Å². The molecule has 0 radical (unpaired) electrons. The Kier molecular flexibility index (Phi) is 7.40. The number of aromatic amines is 1. The largest absolute Gasteiger partial charge is 0.368 e. The molecular weight excluding hydrogens is 510 g/mol. The molecule has 1 aromatic carbocycles. The molecule has 1 aliphatic heterocycles. The fourth-order valence-corrected chi connectivity index (χ4v) is 5.49. The number of aromatic nitrogens is 4. The summed E-state index contributed by atoms with van der Waals surface area (Å²) in [6.45, 7) is 8.21. The van der Waals surface area contributed by atoms with E-state index in [2.05, 4.69) is 44.4 Å². The van der Waals surface area contributed by atoms with Crippen LogP contribution >= 0.6 is 22.9 Å². The summed E-state index contributed by atoms with van der Waals surface area (Å²) in [5.74, 6) is -0.213. The number of amides is 1. The summed E-state index contributed by atoms with van der Waals surface area (Å²) in [4.78, 5) is 30.4. The van der Waals surface area contributed by atoms with Gasteiger partial charge in [0.05, 0.1) is 21.4 Å². The number of pyridine rings is 1. The van der Waals surface area contributed by atoms with E-state index in [-0.39, 0.29) is 18.0 Å². The van der Waals surface area contributed by atoms with Crippen molar-refractivity contribution >= 4 is 34.5 Å². The third-order valence-corrected chi connectivity index (χ3v) is 7.79. The molecule has 0 unspecified atom stereocenters. The predicted molar refractivity (Wildman–Crippen MR) is 147 cm³/mol. The molecule has 4 heterocycles. The van der Waals surface area contributed by atoms with Gasteiger partial charge in [0.15, 0.2) is 0 Å². The van der Waals surface area contributed by atoms with Gasteiger partial charge in [0, 0.05) is 55.7 Å². The molecule has 192 valence electrons. The number of hydrogen-bond donors (Lipinski definition) is 2. The number of carbonyl (C=O) groups excluding carboxylic acids is 1. The summed E-state index contributed by atoms with van der Waals surface area (Å²) >= 11 is 7.20. The van der Waals surface area contributed by atoms with Gasteiger partial charge in [-0.25, -0.2) is 0 Å². The lowest BCUT2D eigenvalue weighted by molar-refractivity contribution is 0.0954. The Balaban J connectivity index is 1.47. The fourth-order valence-electron chi connectivity index (χ4n) is 4.53. The molecular formula is C26H28ClN7O2S. The van der Waals surface area contributed by atoms with Crippen molar-refractivity contribution in [2.75, 3.05) is 31.1 Å². The van der Waals surface area contributed by atoms with Gasteiger partial charge in [-0.2, -0.15) is 15.4 Å². The number of halogens is 1. The van der Waals surface area contributed by atoms with E-state index in [0.717, 1.165) is 43.1 Å². The molecule has 0 saturated carbocycles. The Bertz CT molecular complexity index is 1450. The van der Waals surface area contributed by atoms with Crippen LogP contribution in [0.4, 0.5) is 5.69 Å². The van der Waals surface area contributed by atoms with Crippen LogP contribution in [-0.2, 0) is 6.54 Å². The monoisotopic (exact) mass is 537 g/mol. The van der Waals surface area contributed by atoms with Gasteiger partial charge in [-0.15, -0.1) is 11.3 Å². The van der Waals surface area contributed by atoms with Crippen molar-refractivity contribution in [2.45, 2.75) is 26.4 Å². The van der Waals surface area contributed by atoms with Gasteiger partial charge in [-0.3, -0.25) is 19.1 Å². The Labute approximate surface area is 223 Å². The van der Waals surface area contributed by atoms with Crippen molar-refractivity contribution in [1.82, 2.24) is 30.2 Å². The van der Waals surface area contributed by atoms with Crippen LogP contribution in [0, 0.1) is 0 Å². The molecule has 1 amide bonds. The first-order valence-corrected chi connectivity index (χ1v) is 13.3.